The number of pyridine rings is 2. The number of fused-ring (bicyclic) bond motifs is 2. The fourth-order valence-corrected chi connectivity index (χ4v) is 8.11. The van der Waals surface area contributed by atoms with Gasteiger partial charge in [0.1, 0.15) is 69.6 Å². The number of carbonyl (C=O) groups excluding carboxylic acids is 1. The monoisotopic (exact) mass is 1060 g/mol. The van der Waals surface area contributed by atoms with Gasteiger partial charge < -0.3 is 39.8 Å². The highest BCUT2D eigenvalue weighted by molar-refractivity contribution is 5.91. The number of likely N-dealkylation sites (N-methyl/N-ethyl adjacent to an activating group) is 2. The van der Waals surface area contributed by atoms with Crippen molar-refractivity contribution >= 4 is 45.3 Å². The number of para-hydroxylation sites is 2. The van der Waals surface area contributed by atoms with Crippen LogP contribution in [0.25, 0.3) is 33.2 Å². The van der Waals surface area contributed by atoms with E-state index in [1.165, 1.54) is 6.08 Å². The molecule has 18 nitrogen and oxygen atoms in total. The van der Waals surface area contributed by atoms with Gasteiger partial charge >= 0.3 is 18.3 Å². The third-order valence-corrected chi connectivity index (χ3v) is 11.5. The van der Waals surface area contributed by atoms with E-state index in [1.54, 1.807) is 22.0 Å². The molecule has 400 valence electrons. The van der Waals surface area contributed by atoms with Crippen LogP contribution in [0.15, 0.2) is 95.1 Å². The first kappa shape index (κ1) is 56.3. The Morgan fingerprint density at radius 2 is 1.03 bits per heavy atom. The Morgan fingerprint density at radius 3 is 1.41 bits per heavy atom. The molecular weight excluding hydrogens is 1010 g/mol. The number of halogens is 8. The summed E-state index contributed by atoms with van der Waals surface area (Å²) in [5, 5.41) is 28.0. The van der Waals surface area contributed by atoms with Gasteiger partial charge in [0, 0.05) is 64.5 Å². The second kappa shape index (κ2) is 23.9. The summed E-state index contributed by atoms with van der Waals surface area (Å²) < 4.78 is 113. The van der Waals surface area contributed by atoms with Crippen LogP contribution in [0.5, 0.6) is 11.5 Å². The first-order valence-corrected chi connectivity index (χ1v) is 23.0. The topological polar surface area (TPSA) is 207 Å². The van der Waals surface area contributed by atoms with Gasteiger partial charge in [0.05, 0.1) is 10.8 Å². The first-order chi connectivity index (χ1) is 35.4. The van der Waals surface area contributed by atoms with Crippen molar-refractivity contribution in [3.05, 3.63) is 129 Å². The van der Waals surface area contributed by atoms with E-state index in [0.717, 1.165) is 80.5 Å². The van der Waals surface area contributed by atoms with E-state index in [4.69, 9.17) is 5.11 Å². The lowest BCUT2D eigenvalue weighted by Crippen LogP contribution is -2.48. The van der Waals surface area contributed by atoms with E-state index in [0.29, 0.717) is 45.3 Å². The van der Waals surface area contributed by atoms with E-state index in [-0.39, 0.29) is 61.6 Å². The van der Waals surface area contributed by atoms with Crippen LogP contribution in [0, 0.1) is 11.6 Å². The zero-order valence-corrected chi connectivity index (χ0v) is 40.8. The molecule has 0 spiro atoms. The number of phenols is 2. The van der Waals surface area contributed by atoms with Gasteiger partial charge in [0.15, 0.2) is 11.6 Å². The zero-order valence-electron chi connectivity index (χ0n) is 40.8. The number of anilines is 2. The third-order valence-electron chi connectivity index (χ3n) is 11.5. The number of phenolic OH excluding ortho intramolecular Hbond substituents is 2. The number of rotatable bonds is 10. The molecule has 2 fully saturated rings. The summed E-state index contributed by atoms with van der Waals surface area (Å²) in [4.78, 5) is 73.4. The molecule has 0 atom stereocenters. The van der Waals surface area contributed by atoms with Gasteiger partial charge in [-0.05, 0) is 83.9 Å². The van der Waals surface area contributed by atoms with Crippen LogP contribution in [0.1, 0.15) is 30.7 Å². The lowest BCUT2D eigenvalue weighted by molar-refractivity contribution is -0.143. The van der Waals surface area contributed by atoms with Crippen molar-refractivity contribution in [2.45, 2.75) is 31.6 Å². The third kappa shape index (κ3) is 13.4. The number of carboxylic acid groups (broad SMARTS) is 1. The maximum Gasteiger partial charge on any atom is 0.431 e. The molecule has 2 aliphatic heterocycles. The molecule has 8 rings (SSSR count). The van der Waals surface area contributed by atoms with Gasteiger partial charge in [-0.3, -0.25) is 23.5 Å². The second-order valence-electron chi connectivity index (χ2n) is 17.5. The Bertz CT molecular complexity index is 3180. The highest BCUT2D eigenvalue weighted by Gasteiger charge is 2.39. The fourth-order valence-electron chi connectivity index (χ4n) is 8.11. The predicted octanol–water partition coefficient (Wildman–Crippen LogP) is 6.23. The number of amides is 1. The molecule has 1 amide bonds. The Hall–Kier alpha value is -8.00. The summed E-state index contributed by atoms with van der Waals surface area (Å²) in [5.74, 6) is -4.74. The quantitative estimate of drug-likeness (QED) is 0.103. The second-order valence-corrected chi connectivity index (χ2v) is 17.5. The Kier molecular flexibility index (Phi) is 17.9. The number of hydrogen-bond donors (Lipinski definition) is 3. The highest BCUT2D eigenvalue weighted by Crippen LogP contribution is 2.38. The van der Waals surface area contributed by atoms with Crippen LogP contribution in [0.3, 0.4) is 0 Å². The number of piperidine rings is 1. The Labute approximate surface area is 422 Å². The predicted molar refractivity (Wildman–Crippen MR) is 261 cm³/mol. The van der Waals surface area contributed by atoms with Crippen LogP contribution in [-0.2, 0) is 21.9 Å². The van der Waals surface area contributed by atoms with E-state index in [1.807, 2.05) is 42.9 Å². The summed E-state index contributed by atoms with van der Waals surface area (Å²) in [7, 11) is 7.51. The van der Waals surface area contributed by atoms with Crippen LogP contribution >= 0.6 is 0 Å². The van der Waals surface area contributed by atoms with Gasteiger partial charge in [-0.15, -0.1) is 0 Å². The van der Waals surface area contributed by atoms with Crippen molar-refractivity contribution in [2.75, 3.05) is 90.3 Å². The van der Waals surface area contributed by atoms with E-state index >= 15 is 0 Å². The number of piperazine rings is 1. The van der Waals surface area contributed by atoms with Crippen LogP contribution in [0.4, 0.5) is 46.8 Å². The van der Waals surface area contributed by atoms with Gasteiger partial charge in [-0.1, -0.05) is 24.3 Å². The standard InChI is InChI=1S/C24H24F4N6O3.C19H16F4N4O2.C6H11NO2/c1-31(2)8-4-7-19(36)32-9-11-33(12-10-32)22-15-13-18(24(26,27)28)34(23(37)20(15)29-14-30-22)21-16(25)5-3-6-17(21)35;20-12-5-4-6-13(28)16(12)27-14(19(21,22)23)9-11-15(18(27)29)24-10-25-17(11)26-7-2-1-3-8-26;1-7(2)5-3-4-6(8)9/h3-7,13-14,35H,8-12H2,1-2H3;4-6,9-10,28H,1-3,7-8H2;3-4H,5H2,1-2H3,(H,8,9)/b7-4+;;4-3+. The molecule has 2 aromatic carbocycles. The summed E-state index contributed by atoms with van der Waals surface area (Å²) >= 11 is 0. The van der Waals surface area contributed by atoms with Crippen molar-refractivity contribution < 1.29 is 60.0 Å². The molecule has 3 N–H and O–H groups in total. The number of carboxylic acids is 1. The number of benzene rings is 2. The van der Waals surface area contributed by atoms with E-state index in [9.17, 15) is 64.5 Å². The molecule has 2 saturated heterocycles. The number of aliphatic carboxylic acids is 1. The molecule has 75 heavy (non-hydrogen) atoms. The molecule has 2 aliphatic rings. The van der Waals surface area contributed by atoms with Gasteiger partial charge in [0.25, 0.3) is 11.1 Å². The summed E-state index contributed by atoms with van der Waals surface area (Å²) in [6.07, 6.45) is 0.766. The summed E-state index contributed by atoms with van der Waals surface area (Å²) in [6.45, 7) is 3.59. The van der Waals surface area contributed by atoms with E-state index < -0.39 is 75.3 Å². The Morgan fingerprint density at radius 1 is 0.613 bits per heavy atom. The average molecular weight is 1060 g/mol. The number of hydrogen-bond acceptors (Lipinski definition) is 14. The lowest BCUT2D eigenvalue weighted by atomic mass is 10.1. The van der Waals surface area contributed by atoms with E-state index in [2.05, 4.69) is 19.9 Å². The molecule has 0 aliphatic carbocycles. The molecule has 0 bridgehead atoms. The zero-order chi connectivity index (χ0) is 54.9. The minimum absolute atomic E-state index is 0.0567. The van der Waals surface area contributed by atoms with Gasteiger partial charge in [-0.25, -0.2) is 33.5 Å². The molecule has 0 radical (unpaired) electrons. The molecule has 6 heterocycles. The molecule has 26 heteroatoms. The smallest absolute Gasteiger partial charge is 0.431 e. The SMILES string of the molecule is CN(C)C/C=C/C(=O)N1CCN(c2ncnc3c(=O)n(-c4c(O)cccc4F)c(C(F)(F)F)cc23)CC1.CN(C)C/C=C/C(=O)O.O=c1c2ncnc(N3CCCCC3)c2cc(C(F)(F)F)n1-c1c(O)cccc1F. The molecule has 6 aromatic rings. The number of aromatic hydroxyl groups is 2. The number of nitrogens with zero attached hydrogens (tertiary/aromatic N) is 11. The minimum atomic E-state index is -5.07. The summed E-state index contributed by atoms with van der Waals surface area (Å²) in [5.41, 5.74) is -7.78. The minimum Gasteiger partial charge on any atom is -0.506 e. The van der Waals surface area contributed by atoms with Crippen LogP contribution < -0.4 is 20.9 Å². The first-order valence-electron chi connectivity index (χ1n) is 23.0. The van der Waals surface area contributed by atoms with Crippen LogP contribution in [0.2, 0.25) is 0 Å². The maximum atomic E-state index is 14.5. The largest absolute Gasteiger partial charge is 0.506 e. The number of alkyl halides is 6. The van der Waals surface area contributed by atoms with Crippen molar-refractivity contribution in [3.63, 3.8) is 0 Å². The van der Waals surface area contributed by atoms with Crippen molar-refractivity contribution in [3.8, 4) is 22.9 Å². The van der Waals surface area contributed by atoms with Crippen molar-refractivity contribution in [2.24, 2.45) is 0 Å². The molecule has 0 saturated carbocycles. The Balaban J connectivity index is 0.000000214. The fraction of sp³-hybridized carbons (Fsp3) is 0.347. The van der Waals surface area contributed by atoms with Crippen molar-refractivity contribution in [1.29, 1.82) is 0 Å². The average Bonchev–Trinajstić information content (AvgIpc) is 3.34. The van der Waals surface area contributed by atoms with Crippen LogP contribution in [-0.4, -0.2) is 152 Å². The van der Waals surface area contributed by atoms with Gasteiger partial charge in [0.2, 0.25) is 5.91 Å². The molecule has 4 aromatic heterocycles. The highest BCUT2D eigenvalue weighted by atomic mass is 19.4. The molecule has 0 unspecified atom stereocenters. The number of carbonyl (C=O) groups is 2. The number of aromatic nitrogens is 6. The normalized spacial score (nSPS) is 14.5. The summed E-state index contributed by atoms with van der Waals surface area (Å²) in [6, 6.07) is 7.36. The molecular formula is C49H51F8N11O7. The van der Waals surface area contributed by atoms with Crippen molar-refractivity contribution in [1.82, 2.24) is 43.8 Å². The maximum absolute atomic E-state index is 14.5. The lowest BCUT2D eigenvalue weighted by Gasteiger charge is -2.35. The van der Waals surface area contributed by atoms with Gasteiger partial charge in [-0.2, -0.15) is 26.3 Å².